The van der Waals surface area contributed by atoms with Gasteiger partial charge in [-0.15, -0.1) is 0 Å². The van der Waals surface area contributed by atoms with E-state index in [0.717, 1.165) is 0 Å². The number of carbonyl (C=O) groups is 3. The smallest absolute Gasteiger partial charge is 0.310 e. The largest absolute Gasteiger partial charge is 0.466 e. The second-order valence-electron chi connectivity index (χ2n) is 9.76. The van der Waals surface area contributed by atoms with Crippen LogP contribution in [-0.2, 0) is 19.1 Å². The first-order valence-corrected chi connectivity index (χ1v) is 11.1. The lowest BCUT2D eigenvalue weighted by Crippen LogP contribution is -2.56. The Balaban J connectivity index is 2.56. The summed E-state index contributed by atoms with van der Waals surface area (Å²) in [6.07, 6.45) is 4.58. The fourth-order valence-corrected chi connectivity index (χ4v) is 4.81. The first-order valence-electron chi connectivity index (χ1n) is 11.1. The lowest BCUT2D eigenvalue weighted by Gasteiger charge is -2.36. The zero-order valence-electron chi connectivity index (χ0n) is 19.3. The van der Waals surface area contributed by atoms with E-state index in [4.69, 9.17) is 4.74 Å². The summed E-state index contributed by atoms with van der Waals surface area (Å²) < 4.78 is 5.32. The Bertz CT molecular complexity index is 682. The summed E-state index contributed by atoms with van der Waals surface area (Å²) in [7, 11) is 0. The third kappa shape index (κ3) is 4.71. The van der Waals surface area contributed by atoms with Gasteiger partial charge in [0, 0.05) is 11.5 Å². The van der Waals surface area contributed by atoms with Gasteiger partial charge >= 0.3 is 5.97 Å². The van der Waals surface area contributed by atoms with Gasteiger partial charge in [0.25, 0.3) is 0 Å². The molecule has 1 fully saturated rings. The third-order valence-corrected chi connectivity index (χ3v) is 6.16. The van der Waals surface area contributed by atoms with E-state index in [0.29, 0.717) is 6.42 Å². The highest BCUT2D eigenvalue weighted by Gasteiger charge is 2.59. The van der Waals surface area contributed by atoms with E-state index >= 15 is 0 Å². The van der Waals surface area contributed by atoms with E-state index in [2.05, 4.69) is 5.32 Å². The highest BCUT2D eigenvalue weighted by Crippen LogP contribution is 2.46. The number of carbonyl (C=O) groups excluding carboxylic acids is 3. The number of rotatable bonds is 7. The number of allylic oxidation sites excluding steroid dienone is 1. The lowest BCUT2D eigenvalue weighted by molar-refractivity contribution is -0.156. The van der Waals surface area contributed by atoms with Crippen molar-refractivity contribution < 1.29 is 24.2 Å². The van der Waals surface area contributed by atoms with Gasteiger partial charge in [0.1, 0.15) is 6.04 Å². The first kappa shape index (κ1) is 24.4. The molecule has 2 N–H and O–H groups in total. The first-order chi connectivity index (χ1) is 14.0. The van der Waals surface area contributed by atoms with Crippen molar-refractivity contribution in [3.05, 3.63) is 12.2 Å². The quantitative estimate of drug-likeness (QED) is 0.484. The van der Waals surface area contributed by atoms with Gasteiger partial charge in [-0.05, 0) is 46.0 Å². The second-order valence-corrected chi connectivity index (χ2v) is 9.76. The standard InChI is InChI=1S/C23H38N2O5/c1-8-14-10-11-15-18(17(14)22(29)30-9-2)21(28)25(16(12-26)13(3)4)19(15)20(27)24-23(5,6)7/h10-11,13-19,26H,8-9,12H2,1-7H3,(H,24,27)/t14-,15+,16+,17-,18-,19+/m1/s1. The molecule has 2 amide bonds. The summed E-state index contributed by atoms with van der Waals surface area (Å²) in [6, 6.07) is -1.28. The van der Waals surface area contributed by atoms with Gasteiger partial charge in [0.2, 0.25) is 11.8 Å². The molecule has 7 heteroatoms. The Labute approximate surface area is 180 Å². The molecular weight excluding hydrogens is 384 g/mol. The van der Waals surface area contributed by atoms with E-state index in [1.807, 2.05) is 53.7 Å². The molecule has 0 radical (unpaired) electrons. The Morgan fingerprint density at radius 1 is 1.23 bits per heavy atom. The fourth-order valence-electron chi connectivity index (χ4n) is 4.81. The molecular formula is C23H38N2O5. The van der Waals surface area contributed by atoms with Crippen molar-refractivity contribution >= 4 is 17.8 Å². The molecule has 1 aliphatic carbocycles. The van der Waals surface area contributed by atoms with Crippen LogP contribution in [0.3, 0.4) is 0 Å². The number of amides is 2. The van der Waals surface area contributed by atoms with Crippen LogP contribution in [0.1, 0.15) is 54.9 Å². The number of hydrogen-bond acceptors (Lipinski definition) is 5. The number of ether oxygens (including phenoxy) is 1. The summed E-state index contributed by atoms with van der Waals surface area (Å²) in [5.74, 6) is -2.79. The van der Waals surface area contributed by atoms with Crippen molar-refractivity contribution in [2.45, 2.75) is 72.5 Å². The van der Waals surface area contributed by atoms with E-state index in [1.165, 1.54) is 4.90 Å². The van der Waals surface area contributed by atoms with Crippen molar-refractivity contribution in [2.75, 3.05) is 13.2 Å². The summed E-state index contributed by atoms with van der Waals surface area (Å²) >= 11 is 0. The van der Waals surface area contributed by atoms with Crippen LogP contribution in [-0.4, -0.2) is 58.6 Å². The molecule has 0 aromatic carbocycles. The van der Waals surface area contributed by atoms with Crippen LogP contribution in [0.2, 0.25) is 0 Å². The van der Waals surface area contributed by atoms with E-state index in [9.17, 15) is 19.5 Å². The number of esters is 1. The van der Waals surface area contributed by atoms with Crippen LogP contribution in [0.4, 0.5) is 0 Å². The SMILES string of the molecule is CCOC(=O)[C@H]1[C@@H]2C(=O)N([C@@H](CO)C(C)C)[C@H](C(=O)NC(C)(C)C)[C@H]2C=C[C@H]1CC. The zero-order chi connectivity index (χ0) is 22.8. The van der Waals surface area contributed by atoms with Crippen molar-refractivity contribution in [3.63, 3.8) is 0 Å². The van der Waals surface area contributed by atoms with Crippen LogP contribution >= 0.6 is 0 Å². The maximum Gasteiger partial charge on any atom is 0.310 e. The molecule has 0 bridgehead atoms. The average Bonchev–Trinajstić information content (AvgIpc) is 2.93. The number of nitrogens with one attached hydrogen (secondary N) is 1. The zero-order valence-corrected chi connectivity index (χ0v) is 19.3. The lowest BCUT2D eigenvalue weighted by atomic mass is 9.69. The highest BCUT2D eigenvalue weighted by molar-refractivity contribution is 5.96. The van der Waals surface area contributed by atoms with Gasteiger partial charge in [-0.3, -0.25) is 14.4 Å². The van der Waals surface area contributed by atoms with Gasteiger partial charge in [-0.25, -0.2) is 0 Å². The fraction of sp³-hybridized carbons (Fsp3) is 0.783. The maximum absolute atomic E-state index is 13.7. The normalized spacial score (nSPS) is 29.7. The molecule has 170 valence electrons. The number of fused-ring (bicyclic) bond motifs is 1. The van der Waals surface area contributed by atoms with Crippen molar-refractivity contribution in [1.82, 2.24) is 10.2 Å². The molecule has 0 spiro atoms. The molecule has 30 heavy (non-hydrogen) atoms. The minimum absolute atomic E-state index is 0.0453. The summed E-state index contributed by atoms with van der Waals surface area (Å²) in [5.41, 5.74) is -0.471. The molecule has 1 saturated heterocycles. The Kier molecular flexibility index (Phi) is 7.72. The molecule has 0 aromatic heterocycles. The van der Waals surface area contributed by atoms with Crippen molar-refractivity contribution in [2.24, 2.45) is 29.6 Å². The summed E-state index contributed by atoms with van der Waals surface area (Å²) in [4.78, 5) is 41.4. The third-order valence-electron chi connectivity index (χ3n) is 6.16. The van der Waals surface area contributed by atoms with Gasteiger partial charge in [-0.2, -0.15) is 0 Å². The van der Waals surface area contributed by atoms with Crippen molar-refractivity contribution in [3.8, 4) is 0 Å². The van der Waals surface area contributed by atoms with Gasteiger partial charge in [-0.1, -0.05) is 32.9 Å². The highest BCUT2D eigenvalue weighted by atomic mass is 16.5. The molecule has 7 nitrogen and oxygen atoms in total. The molecule has 2 rings (SSSR count). The Hall–Kier alpha value is -1.89. The molecule has 0 unspecified atom stereocenters. The second kappa shape index (κ2) is 9.50. The van der Waals surface area contributed by atoms with Crippen LogP contribution in [0.15, 0.2) is 12.2 Å². The number of hydrogen-bond donors (Lipinski definition) is 2. The van der Waals surface area contributed by atoms with Crippen LogP contribution in [0.25, 0.3) is 0 Å². The van der Waals surface area contributed by atoms with Crippen LogP contribution in [0.5, 0.6) is 0 Å². The predicted octanol–water partition coefficient (Wildman–Crippen LogP) is 2.14. The minimum atomic E-state index is -0.771. The van der Waals surface area contributed by atoms with Gasteiger partial charge in [0.15, 0.2) is 0 Å². The predicted molar refractivity (Wildman–Crippen MR) is 114 cm³/mol. The maximum atomic E-state index is 13.7. The summed E-state index contributed by atoms with van der Waals surface area (Å²) in [6.45, 7) is 13.2. The minimum Gasteiger partial charge on any atom is -0.466 e. The summed E-state index contributed by atoms with van der Waals surface area (Å²) in [5, 5.41) is 13.1. The molecule has 0 aromatic rings. The number of aliphatic hydroxyl groups is 1. The van der Waals surface area contributed by atoms with Crippen molar-refractivity contribution in [1.29, 1.82) is 0 Å². The van der Waals surface area contributed by atoms with E-state index in [1.54, 1.807) is 6.92 Å². The topological polar surface area (TPSA) is 95.9 Å². The molecule has 1 aliphatic heterocycles. The number of aliphatic hydroxyl groups excluding tert-OH is 1. The molecule has 2 aliphatic rings. The van der Waals surface area contributed by atoms with Gasteiger partial charge < -0.3 is 20.1 Å². The average molecular weight is 423 g/mol. The molecule has 1 heterocycles. The number of likely N-dealkylation sites (tertiary alicyclic amines) is 1. The van der Waals surface area contributed by atoms with E-state index in [-0.39, 0.29) is 42.8 Å². The number of nitrogens with zero attached hydrogens (tertiary/aromatic N) is 1. The monoisotopic (exact) mass is 422 g/mol. The van der Waals surface area contributed by atoms with Gasteiger partial charge in [0.05, 0.1) is 31.1 Å². The Morgan fingerprint density at radius 2 is 1.87 bits per heavy atom. The van der Waals surface area contributed by atoms with E-state index < -0.39 is 35.4 Å². The van der Waals surface area contributed by atoms with Crippen LogP contribution < -0.4 is 5.32 Å². The molecule has 0 saturated carbocycles. The Morgan fingerprint density at radius 3 is 2.33 bits per heavy atom. The molecule has 6 atom stereocenters. The van der Waals surface area contributed by atoms with Crippen LogP contribution in [0, 0.1) is 29.6 Å².